The summed E-state index contributed by atoms with van der Waals surface area (Å²) in [5.41, 5.74) is 0.173. The van der Waals surface area contributed by atoms with Crippen LogP contribution in [0.15, 0.2) is 12.1 Å². The van der Waals surface area contributed by atoms with Crippen LogP contribution >= 0.6 is 0 Å². The zero-order valence-electron chi connectivity index (χ0n) is 9.93. The van der Waals surface area contributed by atoms with Crippen LogP contribution in [0.25, 0.3) is 0 Å². The third-order valence-electron chi connectivity index (χ3n) is 2.14. The third-order valence-corrected chi connectivity index (χ3v) is 2.14. The van der Waals surface area contributed by atoms with E-state index in [2.05, 4.69) is 10.6 Å². The minimum absolute atomic E-state index is 0.173. The van der Waals surface area contributed by atoms with Gasteiger partial charge in [0.2, 0.25) is 0 Å². The highest BCUT2D eigenvalue weighted by atomic mass is 16.5. The molecular formula is C11H16N2O5. The number of anilines is 1. The molecule has 100 valence electrons. The van der Waals surface area contributed by atoms with E-state index in [0.717, 1.165) is 12.1 Å². The molecule has 1 aromatic rings. The molecule has 0 heterocycles. The van der Waals surface area contributed by atoms with Crippen molar-refractivity contribution in [3.8, 4) is 17.2 Å². The quantitative estimate of drug-likeness (QED) is 0.306. The molecule has 0 aliphatic rings. The van der Waals surface area contributed by atoms with Gasteiger partial charge in [0.05, 0.1) is 5.69 Å². The predicted molar refractivity (Wildman–Crippen MR) is 65.0 cm³/mol. The lowest BCUT2D eigenvalue weighted by Gasteiger charge is -2.09. The molecule has 18 heavy (non-hydrogen) atoms. The Labute approximate surface area is 104 Å². The van der Waals surface area contributed by atoms with E-state index < -0.39 is 23.3 Å². The minimum Gasteiger partial charge on any atom is -0.504 e. The van der Waals surface area contributed by atoms with Gasteiger partial charge in [0.25, 0.3) is 0 Å². The van der Waals surface area contributed by atoms with Crippen LogP contribution in [-0.2, 0) is 4.74 Å². The van der Waals surface area contributed by atoms with Crippen LogP contribution in [0.2, 0.25) is 0 Å². The molecule has 1 aromatic carbocycles. The lowest BCUT2D eigenvalue weighted by Crippen LogP contribution is -2.29. The number of rotatable bonds is 5. The highest BCUT2D eigenvalue weighted by Gasteiger charge is 2.09. The zero-order chi connectivity index (χ0) is 13.5. The molecule has 0 aliphatic carbocycles. The fourth-order valence-electron chi connectivity index (χ4n) is 1.27. The molecule has 0 bridgehead atoms. The fraction of sp³-hybridized carbons (Fsp3) is 0.364. The molecule has 5 N–H and O–H groups in total. The van der Waals surface area contributed by atoms with Crippen molar-refractivity contribution in [3.63, 3.8) is 0 Å². The summed E-state index contributed by atoms with van der Waals surface area (Å²) in [5, 5.41) is 32.6. The molecule has 1 rings (SSSR count). The summed E-state index contributed by atoms with van der Waals surface area (Å²) >= 11 is 0. The lowest BCUT2D eigenvalue weighted by molar-refractivity contribution is 0.194. The van der Waals surface area contributed by atoms with Gasteiger partial charge in [0, 0.05) is 32.4 Å². The Hall–Kier alpha value is -2.15. The number of benzene rings is 1. The molecule has 0 fully saturated rings. The van der Waals surface area contributed by atoms with Crippen molar-refractivity contribution in [2.75, 3.05) is 25.6 Å². The van der Waals surface area contributed by atoms with Gasteiger partial charge in [-0.2, -0.15) is 0 Å². The minimum atomic E-state index is -0.624. The zero-order valence-corrected chi connectivity index (χ0v) is 9.93. The van der Waals surface area contributed by atoms with Crippen molar-refractivity contribution in [2.45, 2.75) is 6.42 Å². The van der Waals surface area contributed by atoms with E-state index in [1.807, 2.05) is 0 Å². The van der Waals surface area contributed by atoms with Crippen molar-refractivity contribution < 1.29 is 24.9 Å². The number of ether oxygens (including phenoxy) is 1. The molecule has 2 amide bonds. The summed E-state index contributed by atoms with van der Waals surface area (Å²) in [4.78, 5) is 11.4. The number of phenolic OH excluding ortho intramolecular Hbond substituents is 3. The number of hydrogen-bond acceptors (Lipinski definition) is 5. The topological polar surface area (TPSA) is 111 Å². The molecule has 0 aromatic heterocycles. The number of methoxy groups -OCH3 is 1. The number of amides is 2. The van der Waals surface area contributed by atoms with Crippen molar-refractivity contribution in [3.05, 3.63) is 12.1 Å². The second-order valence-corrected chi connectivity index (χ2v) is 3.59. The molecule has 0 unspecified atom stereocenters. The smallest absolute Gasteiger partial charge is 0.319 e. The van der Waals surface area contributed by atoms with Gasteiger partial charge in [0.1, 0.15) is 0 Å². The second-order valence-electron chi connectivity index (χ2n) is 3.59. The van der Waals surface area contributed by atoms with Gasteiger partial charge in [-0.25, -0.2) is 4.79 Å². The molecule has 0 spiro atoms. The monoisotopic (exact) mass is 256 g/mol. The maximum Gasteiger partial charge on any atom is 0.319 e. The van der Waals surface area contributed by atoms with Crippen molar-refractivity contribution >= 4 is 11.7 Å². The van der Waals surface area contributed by atoms with Crippen LogP contribution in [0.5, 0.6) is 17.2 Å². The van der Waals surface area contributed by atoms with Gasteiger partial charge in [0.15, 0.2) is 17.2 Å². The standard InChI is InChI=1S/C11H16N2O5/c1-18-4-2-3-12-11(17)13-7-5-8(14)10(16)9(15)6-7/h5-6,14-16H,2-4H2,1H3,(H2,12,13,17). The van der Waals surface area contributed by atoms with E-state index in [4.69, 9.17) is 9.84 Å². The average molecular weight is 256 g/mol. The van der Waals surface area contributed by atoms with Gasteiger partial charge in [-0.3, -0.25) is 0 Å². The average Bonchev–Trinajstić information content (AvgIpc) is 2.31. The molecule has 0 atom stereocenters. The Morgan fingerprint density at radius 1 is 1.28 bits per heavy atom. The Morgan fingerprint density at radius 2 is 1.89 bits per heavy atom. The highest BCUT2D eigenvalue weighted by molar-refractivity contribution is 5.90. The molecule has 0 radical (unpaired) electrons. The molecule has 0 saturated heterocycles. The van der Waals surface area contributed by atoms with E-state index >= 15 is 0 Å². The van der Waals surface area contributed by atoms with Gasteiger partial charge in [-0.1, -0.05) is 0 Å². The van der Waals surface area contributed by atoms with Gasteiger partial charge in [-0.05, 0) is 6.42 Å². The first-order chi connectivity index (χ1) is 8.54. The fourth-order valence-corrected chi connectivity index (χ4v) is 1.27. The normalized spacial score (nSPS) is 10.1. The van der Waals surface area contributed by atoms with Crippen LogP contribution < -0.4 is 10.6 Å². The summed E-state index contributed by atoms with van der Waals surface area (Å²) in [6.07, 6.45) is 0.677. The van der Waals surface area contributed by atoms with E-state index in [1.165, 1.54) is 0 Å². The van der Waals surface area contributed by atoms with Crippen LogP contribution in [0.4, 0.5) is 10.5 Å². The maximum atomic E-state index is 11.4. The predicted octanol–water partition coefficient (Wildman–Crippen LogP) is 0.961. The molecule has 7 heteroatoms. The summed E-state index contributed by atoms with van der Waals surface area (Å²) in [7, 11) is 1.57. The summed E-state index contributed by atoms with van der Waals surface area (Å²) in [6.45, 7) is 0.983. The Bertz CT molecular complexity index is 399. The number of urea groups is 1. The number of carbonyl (C=O) groups excluding carboxylic acids is 1. The molecule has 0 aliphatic heterocycles. The van der Waals surface area contributed by atoms with E-state index in [9.17, 15) is 15.0 Å². The van der Waals surface area contributed by atoms with Crippen LogP contribution in [0.3, 0.4) is 0 Å². The van der Waals surface area contributed by atoms with Crippen molar-refractivity contribution in [2.24, 2.45) is 0 Å². The van der Waals surface area contributed by atoms with Crippen LogP contribution in [0, 0.1) is 0 Å². The summed E-state index contributed by atoms with van der Waals surface area (Å²) in [6, 6.07) is 1.78. The third kappa shape index (κ3) is 4.02. The van der Waals surface area contributed by atoms with Crippen LogP contribution in [-0.4, -0.2) is 41.6 Å². The first-order valence-corrected chi connectivity index (χ1v) is 5.33. The van der Waals surface area contributed by atoms with Crippen molar-refractivity contribution in [1.29, 1.82) is 0 Å². The second kappa shape index (κ2) is 6.55. The number of carbonyl (C=O) groups is 1. The van der Waals surface area contributed by atoms with E-state index in [1.54, 1.807) is 7.11 Å². The van der Waals surface area contributed by atoms with Crippen molar-refractivity contribution in [1.82, 2.24) is 5.32 Å². The highest BCUT2D eigenvalue weighted by Crippen LogP contribution is 2.37. The van der Waals surface area contributed by atoms with Gasteiger partial charge >= 0.3 is 6.03 Å². The number of hydrogen-bond donors (Lipinski definition) is 5. The maximum absolute atomic E-state index is 11.4. The number of nitrogens with one attached hydrogen (secondary N) is 2. The Morgan fingerprint density at radius 3 is 2.44 bits per heavy atom. The van der Waals surface area contributed by atoms with Gasteiger partial charge in [-0.15, -0.1) is 0 Å². The van der Waals surface area contributed by atoms with Gasteiger partial charge < -0.3 is 30.7 Å². The van der Waals surface area contributed by atoms with E-state index in [-0.39, 0.29) is 5.69 Å². The SMILES string of the molecule is COCCCNC(=O)Nc1cc(O)c(O)c(O)c1. The van der Waals surface area contributed by atoms with Crippen LogP contribution in [0.1, 0.15) is 6.42 Å². The molecule has 0 saturated carbocycles. The van der Waals surface area contributed by atoms with E-state index in [0.29, 0.717) is 19.6 Å². The Balaban J connectivity index is 2.49. The molecular weight excluding hydrogens is 240 g/mol. The first kappa shape index (κ1) is 13.9. The first-order valence-electron chi connectivity index (χ1n) is 5.33. The lowest BCUT2D eigenvalue weighted by atomic mass is 10.2. The molecule has 7 nitrogen and oxygen atoms in total. The number of phenols is 3. The summed E-state index contributed by atoms with van der Waals surface area (Å²) < 4.78 is 4.82. The number of aromatic hydroxyl groups is 3. The Kier molecular flexibility index (Phi) is 5.06. The largest absolute Gasteiger partial charge is 0.504 e. The summed E-state index contributed by atoms with van der Waals surface area (Å²) in [5.74, 6) is -1.64.